The van der Waals surface area contributed by atoms with Gasteiger partial charge in [0.15, 0.2) is 17.5 Å². The van der Waals surface area contributed by atoms with Gasteiger partial charge in [-0.25, -0.2) is 18.2 Å². The molecule has 2 aromatic heterocycles. The van der Waals surface area contributed by atoms with Crippen LogP contribution in [0.2, 0.25) is 0 Å². The van der Waals surface area contributed by atoms with Crippen LogP contribution >= 0.6 is 0 Å². The van der Waals surface area contributed by atoms with Crippen molar-refractivity contribution in [3.63, 3.8) is 0 Å². The van der Waals surface area contributed by atoms with Gasteiger partial charge in [0.2, 0.25) is 11.8 Å². The van der Waals surface area contributed by atoms with Crippen LogP contribution in [-0.4, -0.2) is 45.0 Å². The number of alkyl halides is 1. The van der Waals surface area contributed by atoms with E-state index in [1.165, 1.54) is 0 Å². The third kappa shape index (κ3) is 3.25. The van der Waals surface area contributed by atoms with Crippen LogP contribution in [0.25, 0.3) is 11.0 Å². The lowest BCUT2D eigenvalue weighted by atomic mass is 10.1. The van der Waals surface area contributed by atoms with Crippen molar-refractivity contribution < 1.29 is 17.7 Å². The zero-order valence-corrected chi connectivity index (χ0v) is 14.7. The zero-order valence-electron chi connectivity index (χ0n) is 14.7. The maximum atomic E-state index is 13.8. The van der Waals surface area contributed by atoms with Gasteiger partial charge in [-0.05, 0) is 6.42 Å². The van der Waals surface area contributed by atoms with Crippen molar-refractivity contribution in [1.82, 2.24) is 19.7 Å². The van der Waals surface area contributed by atoms with Gasteiger partial charge >= 0.3 is 0 Å². The van der Waals surface area contributed by atoms with Gasteiger partial charge in [0.1, 0.15) is 6.17 Å². The standard InChI is InChI=1S/C17H19F3N6O/c1-2-16-23-15(24-27-16)8-26-14-6-11(20)10(19)5-13(14)22-17(26)25-4-3-9(18)12(21)7-25/h5-6,9,12H,2-4,7-8,21H2,1H3/t9-,12-/m1/s1. The van der Waals surface area contributed by atoms with Gasteiger partial charge in [-0.1, -0.05) is 12.1 Å². The molecule has 0 aliphatic carbocycles. The molecule has 0 bridgehead atoms. The van der Waals surface area contributed by atoms with Crippen LogP contribution in [0.4, 0.5) is 19.1 Å². The highest BCUT2D eigenvalue weighted by atomic mass is 19.2. The maximum Gasteiger partial charge on any atom is 0.226 e. The Bertz CT molecular complexity index is 971. The van der Waals surface area contributed by atoms with Crippen LogP contribution in [-0.2, 0) is 13.0 Å². The molecular formula is C17H19F3N6O. The Hall–Kier alpha value is -2.62. The normalized spacial score (nSPS) is 20.6. The Morgan fingerprint density at radius 2 is 2.04 bits per heavy atom. The molecule has 1 aromatic carbocycles. The summed E-state index contributed by atoms with van der Waals surface area (Å²) < 4.78 is 48.1. The predicted octanol–water partition coefficient (Wildman–Crippen LogP) is 2.18. The van der Waals surface area contributed by atoms with Gasteiger partial charge in [-0.15, -0.1) is 0 Å². The Morgan fingerprint density at radius 3 is 2.74 bits per heavy atom. The fraction of sp³-hybridized carbons (Fsp3) is 0.471. The minimum absolute atomic E-state index is 0.158. The van der Waals surface area contributed by atoms with E-state index >= 15 is 0 Å². The first kappa shape index (κ1) is 17.8. The van der Waals surface area contributed by atoms with Crippen molar-refractivity contribution in [2.24, 2.45) is 5.73 Å². The lowest BCUT2D eigenvalue weighted by Gasteiger charge is -2.33. The summed E-state index contributed by atoms with van der Waals surface area (Å²) in [6.07, 6.45) is -0.239. The van der Waals surface area contributed by atoms with Crippen molar-refractivity contribution in [3.8, 4) is 0 Å². The van der Waals surface area contributed by atoms with E-state index in [9.17, 15) is 13.2 Å². The number of imidazole rings is 1. The number of anilines is 1. The number of halogens is 3. The number of aromatic nitrogens is 4. The van der Waals surface area contributed by atoms with Crippen molar-refractivity contribution in [2.45, 2.75) is 38.5 Å². The number of rotatable bonds is 4. The minimum atomic E-state index is -1.08. The van der Waals surface area contributed by atoms with Gasteiger partial charge in [-0.2, -0.15) is 4.98 Å². The van der Waals surface area contributed by atoms with E-state index in [1.54, 1.807) is 4.57 Å². The summed E-state index contributed by atoms with van der Waals surface area (Å²) in [5.41, 5.74) is 6.54. The van der Waals surface area contributed by atoms with Crippen LogP contribution in [0.3, 0.4) is 0 Å². The molecule has 1 aliphatic rings. The molecule has 1 saturated heterocycles. The summed E-state index contributed by atoms with van der Waals surface area (Å²) in [6.45, 7) is 2.69. The number of nitrogens with zero attached hydrogens (tertiary/aromatic N) is 5. The molecule has 0 saturated carbocycles. The molecule has 0 unspecified atom stereocenters. The lowest BCUT2D eigenvalue weighted by molar-refractivity contribution is 0.243. The summed E-state index contributed by atoms with van der Waals surface area (Å²) in [6, 6.07) is 1.47. The van der Waals surface area contributed by atoms with E-state index in [4.69, 9.17) is 10.3 Å². The van der Waals surface area contributed by atoms with E-state index in [1.807, 2.05) is 11.8 Å². The fourth-order valence-electron chi connectivity index (χ4n) is 3.28. The maximum absolute atomic E-state index is 13.8. The summed E-state index contributed by atoms with van der Waals surface area (Å²) in [4.78, 5) is 10.5. The van der Waals surface area contributed by atoms with E-state index in [-0.39, 0.29) is 19.5 Å². The third-order valence-electron chi connectivity index (χ3n) is 4.74. The summed E-state index contributed by atoms with van der Waals surface area (Å²) in [7, 11) is 0. The second-order valence-electron chi connectivity index (χ2n) is 6.63. The SMILES string of the molecule is CCc1nc(Cn2c(N3CC[C@@H](F)[C@H](N)C3)nc3cc(F)c(F)cc32)no1. The van der Waals surface area contributed by atoms with Crippen molar-refractivity contribution in [1.29, 1.82) is 0 Å². The summed E-state index contributed by atoms with van der Waals surface area (Å²) in [5, 5.41) is 3.92. The minimum Gasteiger partial charge on any atom is -0.340 e. The van der Waals surface area contributed by atoms with Gasteiger partial charge in [0, 0.05) is 31.6 Å². The van der Waals surface area contributed by atoms with Gasteiger partial charge in [0.05, 0.1) is 23.6 Å². The highest BCUT2D eigenvalue weighted by Crippen LogP contribution is 2.28. The molecule has 4 rings (SSSR count). The van der Waals surface area contributed by atoms with E-state index in [0.717, 1.165) is 12.1 Å². The first-order valence-electron chi connectivity index (χ1n) is 8.77. The molecule has 0 spiro atoms. The third-order valence-corrected chi connectivity index (χ3v) is 4.74. The fourth-order valence-corrected chi connectivity index (χ4v) is 3.28. The van der Waals surface area contributed by atoms with Crippen LogP contribution in [0.15, 0.2) is 16.7 Å². The first-order chi connectivity index (χ1) is 13.0. The average Bonchev–Trinajstić information content (AvgIpc) is 3.23. The van der Waals surface area contributed by atoms with Crippen LogP contribution in [0.5, 0.6) is 0 Å². The molecule has 1 aliphatic heterocycles. The van der Waals surface area contributed by atoms with Gasteiger partial charge in [0.25, 0.3) is 0 Å². The monoisotopic (exact) mass is 380 g/mol. The number of fused-ring (bicyclic) bond motifs is 1. The number of benzene rings is 1. The van der Waals surface area contributed by atoms with Crippen molar-refractivity contribution in [3.05, 3.63) is 35.5 Å². The van der Waals surface area contributed by atoms with E-state index in [2.05, 4.69) is 15.1 Å². The highest BCUT2D eigenvalue weighted by molar-refractivity contribution is 5.79. The predicted molar refractivity (Wildman–Crippen MR) is 92.1 cm³/mol. The summed E-state index contributed by atoms with van der Waals surface area (Å²) in [5.74, 6) is -0.641. The molecule has 2 N–H and O–H groups in total. The van der Waals surface area contributed by atoms with Crippen LogP contribution < -0.4 is 10.6 Å². The molecule has 0 radical (unpaired) electrons. The molecule has 144 valence electrons. The molecule has 10 heteroatoms. The topological polar surface area (TPSA) is 86.0 Å². The number of aryl methyl sites for hydroxylation is 1. The number of hydrogen-bond donors (Lipinski definition) is 1. The van der Waals surface area contributed by atoms with Crippen LogP contribution in [0.1, 0.15) is 25.1 Å². The molecule has 27 heavy (non-hydrogen) atoms. The molecule has 2 atom stereocenters. The molecular weight excluding hydrogens is 361 g/mol. The Labute approximate surface area is 153 Å². The Kier molecular flexibility index (Phi) is 4.50. The van der Waals surface area contributed by atoms with Crippen molar-refractivity contribution >= 4 is 17.0 Å². The molecule has 3 heterocycles. The quantitative estimate of drug-likeness (QED) is 0.747. The largest absolute Gasteiger partial charge is 0.340 e. The number of piperidine rings is 1. The average molecular weight is 380 g/mol. The highest BCUT2D eigenvalue weighted by Gasteiger charge is 2.29. The van der Waals surface area contributed by atoms with Gasteiger partial charge < -0.3 is 19.7 Å². The van der Waals surface area contributed by atoms with Crippen LogP contribution in [0, 0.1) is 11.6 Å². The number of nitrogens with two attached hydrogens (primary N) is 1. The lowest BCUT2D eigenvalue weighted by Crippen LogP contribution is -2.50. The molecule has 3 aromatic rings. The molecule has 0 amide bonds. The molecule has 7 nitrogen and oxygen atoms in total. The smallest absolute Gasteiger partial charge is 0.226 e. The second-order valence-corrected chi connectivity index (χ2v) is 6.63. The Morgan fingerprint density at radius 1 is 1.26 bits per heavy atom. The van der Waals surface area contributed by atoms with Gasteiger partial charge in [-0.3, -0.25) is 0 Å². The second kappa shape index (κ2) is 6.84. The van der Waals surface area contributed by atoms with E-state index < -0.39 is 23.8 Å². The Balaban J connectivity index is 1.79. The van der Waals surface area contributed by atoms with E-state index in [0.29, 0.717) is 41.7 Å². The van der Waals surface area contributed by atoms with Crippen molar-refractivity contribution in [2.75, 3.05) is 18.0 Å². The molecule has 1 fully saturated rings. The number of hydrogen-bond acceptors (Lipinski definition) is 6. The zero-order chi connectivity index (χ0) is 19.1. The first-order valence-corrected chi connectivity index (χ1v) is 8.77. The summed E-state index contributed by atoms with van der Waals surface area (Å²) >= 11 is 0.